The monoisotopic (exact) mass is 226 g/mol. The molecule has 1 N–H and O–H groups in total. The minimum absolute atomic E-state index is 0.202. The number of nitrogens with zero attached hydrogens (tertiary/aromatic N) is 7. The molecule has 0 aliphatic rings. The number of H-pyrrole nitrogens is 1. The molecule has 0 unspecified atom stereocenters. The third-order valence-corrected chi connectivity index (χ3v) is 1.48. The first kappa shape index (κ1) is 9.63. The fourth-order valence-corrected chi connectivity index (χ4v) is 0.863. The molecule has 2 rings (SSSR count). The van der Waals surface area contributed by atoms with Crippen LogP contribution in [0.4, 0.5) is 11.9 Å². The fraction of sp³-hybridized carbons (Fsp3) is 0. The van der Waals surface area contributed by atoms with E-state index in [0.717, 1.165) is 11.0 Å². The van der Waals surface area contributed by atoms with Gasteiger partial charge in [0, 0.05) is 5.10 Å². The summed E-state index contributed by atoms with van der Waals surface area (Å²) in [5.41, 5.74) is 0. The van der Waals surface area contributed by atoms with E-state index in [9.17, 15) is 20.2 Å². The molecule has 0 saturated carbocycles. The van der Waals surface area contributed by atoms with E-state index in [2.05, 4.69) is 20.2 Å². The number of aromatic nitrogens is 6. The molecule has 12 heteroatoms. The first-order valence-electron chi connectivity index (χ1n) is 3.71. The van der Waals surface area contributed by atoms with Crippen LogP contribution in [0.15, 0.2) is 6.33 Å². The van der Waals surface area contributed by atoms with Gasteiger partial charge in [-0.25, -0.2) is 0 Å². The molecule has 0 bridgehead atoms. The zero-order valence-electron chi connectivity index (χ0n) is 7.34. The second-order valence-corrected chi connectivity index (χ2v) is 2.46. The van der Waals surface area contributed by atoms with Gasteiger partial charge in [-0.1, -0.05) is 14.8 Å². The third kappa shape index (κ3) is 1.54. The molecule has 0 aliphatic heterocycles. The number of nitrogens with one attached hydrogen (secondary N) is 1. The van der Waals surface area contributed by atoms with Crippen molar-refractivity contribution in [1.29, 1.82) is 0 Å². The lowest BCUT2D eigenvalue weighted by atomic mass is 11.0. The summed E-state index contributed by atoms with van der Waals surface area (Å²) in [5.74, 6) is -1.44. The molecule has 0 aliphatic carbocycles. The van der Waals surface area contributed by atoms with E-state index in [-0.39, 0.29) is 5.95 Å². The van der Waals surface area contributed by atoms with E-state index < -0.39 is 21.7 Å². The lowest BCUT2D eigenvalue weighted by Crippen LogP contribution is -1.99. The van der Waals surface area contributed by atoms with Gasteiger partial charge in [0.1, 0.15) is 0 Å². The largest absolute Gasteiger partial charge is 0.491 e. The Bertz CT molecular complexity index is 506. The van der Waals surface area contributed by atoms with Crippen LogP contribution in [0.3, 0.4) is 0 Å². The third-order valence-electron chi connectivity index (χ3n) is 1.48. The van der Waals surface area contributed by atoms with E-state index in [4.69, 9.17) is 0 Å². The van der Waals surface area contributed by atoms with Gasteiger partial charge in [0.15, 0.2) is 0 Å². The van der Waals surface area contributed by atoms with Gasteiger partial charge in [-0.05, 0) is 14.8 Å². The van der Waals surface area contributed by atoms with Crippen molar-refractivity contribution < 1.29 is 9.85 Å². The highest BCUT2D eigenvalue weighted by molar-refractivity contribution is 5.15. The van der Waals surface area contributed by atoms with E-state index in [1.54, 1.807) is 0 Å². The van der Waals surface area contributed by atoms with Crippen molar-refractivity contribution in [2.75, 3.05) is 0 Å². The lowest BCUT2D eigenvalue weighted by Gasteiger charge is -1.84. The Morgan fingerprint density at radius 1 is 1.31 bits per heavy atom. The molecule has 0 fully saturated rings. The molecule has 12 nitrogen and oxygen atoms in total. The van der Waals surface area contributed by atoms with E-state index in [1.807, 2.05) is 5.10 Å². The molecule has 0 spiro atoms. The maximum atomic E-state index is 10.3. The molecule has 82 valence electrons. The van der Waals surface area contributed by atoms with Crippen molar-refractivity contribution in [2.45, 2.75) is 0 Å². The predicted octanol–water partition coefficient (Wildman–Crippen LogP) is -0.798. The Kier molecular flexibility index (Phi) is 2.01. The van der Waals surface area contributed by atoms with Crippen molar-refractivity contribution in [3.8, 4) is 5.95 Å². The summed E-state index contributed by atoms with van der Waals surface area (Å²) in [7, 11) is 0. The highest BCUT2D eigenvalue weighted by Crippen LogP contribution is 2.07. The maximum absolute atomic E-state index is 10.3. The van der Waals surface area contributed by atoms with Gasteiger partial charge in [0.05, 0.1) is 0 Å². The minimum Gasteiger partial charge on any atom is -0.390 e. The van der Waals surface area contributed by atoms with Crippen molar-refractivity contribution in [2.24, 2.45) is 0 Å². The average molecular weight is 226 g/mol. The summed E-state index contributed by atoms with van der Waals surface area (Å²) in [6.07, 6.45) is 0.977. The summed E-state index contributed by atoms with van der Waals surface area (Å²) < 4.78 is 0.849. The van der Waals surface area contributed by atoms with Gasteiger partial charge in [-0.3, -0.25) is 0 Å². The molecule has 16 heavy (non-hydrogen) atoms. The van der Waals surface area contributed by atoms with Crippen molar-refractivity contribution in [1.82, 2.24) is 29.9 Å². The van der Waals surface area contributed by atoms with Gasteiger partial charge in [-0.15, -0.1) is 5.10 Å². The Labute approximate surface area is 85.2 Å². The van der Waals surface area contributed by atoms with E-state index >= 15 is 0 Å². The first-order valence-corrected chi connectivity index (χ1v) is 3.71. The number of nitro groups is 2. The molecule has 0 radical (unpaired) electrons. The summed E-state index contributed by atoms with van der Waals surface area (Å²) in [6, 6.07) is 0. The SMILES string of the molecule is O=[N+]([O-])c1ncn(-c2n[nH]c([N+](=O)[O-])n2)n1. The smallest absolute Gasteiger partial charge is 0.390 e. The highest BCUT2D eigenvalue weighted by Gasteiger charge is 2.22. The predicted molar refractivity (Wildman–Crippen MR) is 44.6 cm³/mol. The van der Waals surface area contributed by atoms with Crippen LogP contribution in [0.25, 0.3) is 5.95 Å². The number of hydrogen-bond donors (Lipinski definition) is 1. The maximum Gasteiger partial charge on any atom is 0.491 e. The molecule has 2 aromatic rings. The van der Waals surface area contributed by atoms with Crippen LogP contribution in [0, 0.1) is 20.2 Å². The summed E-state index contributed by atoms with van der Waals surface area (Å²) >= 11 is 0. The van der Waals surface area contributed by atoms with Crippen LogP contribution in [0.5, 0.6) is 0 Å². The molecule has 2 heterocycles. The van der Waals surface area contributed by atoms with Crippen LogP contribution >= 0.6 is 0 Å². The van der Waals surface area contributed by atoms with Crippen LogP contribution in [0.1, 0.15) is 0 Å². The number of aromatic amines is 1. The second-order valence-electron chi connectivity index (χ2n) is 2.46. The van der Waals surface area contributed by atoms with Crippen LogP contribution < -0.4 is 0 Å². The normalized spacial score (nSPS) is 10.2. The number of hydrogen-bond acceptors (Lipinski definition) is 8. The fourth-order valence-electron chi connectivity index (χ4n) is 0.863. The van der Waals surface area contributed by atoms with Gasteiger partial charge < -0.3 is 20.2 Å². The van der Waals surface area contributed by atoms with Crippen LogP contribution in [0.2, 0.25) is 0 Å². The Morgan fingerprint density at radius 2 is 2.06 bits per heavy atom. The molecular weight excluding hydrogens is 224 g/mol. The van der Waals surface area contributed by atoms with Gasteiger partial charge in [0.2, 0.25) is 6.33 Å². The molecule has 0 amide bonds. The molecule has 0 aromatic carbocycles. The summed E-state index contributed by atoms with van der Waals surface area (Å²) in [6.45, 7) is 0. The van der Waals surface area contributed by atoms with Gasteiger partial charge in [0.25, 0.3) is 0 Å². The zero-order valence-corrected chi connectivity index (χ0v) is 7.34. The number of rotatable bonds is 3. The summed E-state index contributed by atoms with van der Waals surface area (Å²) in [5, 5.41) is 29.4. The Balaban J connectivity index is 2.35. The summed E-state index contributed by atoms with van der Waals surface area (Å²) in [4.78, 5) is 25.7. The topological polar surface area (TPSA) is 159 Å². The first-order chi connectivity index (χ1) is 7.58. The van der Waals surface area contributed by atoms with Crippen molar-refractivity contribution >= 4 is 11.9 Å². The van der Waals surface area contributed by atoms with Gasteiger partial charge in [-0.2, -0.15) is 0 Å². The van der Waals surface area contributed by atoms with Crippen LogP contribution in [-0.2, 0) is 0 Å². The van der Waals surface area contributed by atoms with Gasteiger partial charge >= 0.3 is 17.8 Å². The average Bonchev–Trinajstić information content (AvgIpc) is 2.86. The minimum atomic E-state index is -0.808. The second kappa shape index (κ2) is 3.34. The quantitative estimate of drug-likeness (QED) is 0.525. The van der Waals surface area contributed by atoms with Crippen molar-refractivity contribution in [3.05, 3.63) is 26.6 Å². The Hall–Kier alpha value is -2.92. The standard InChI is InChI=1S/C4H2N8O4/c13-11(14)2-5-1-10(9-2)3-6-4(8-7-3)12(15)16/h1H,(H,6,7,8). The molecule has 0 saturated heterocycles. The lowest BCUT2D eigenvalue weighted by molar-refractivity contribution is -0.394. The molecule has 0 atom stereocenters. The van der Waals surface area contributed by atoms with Crippen LogP contribution in [-0.4, -0.2) is 39.8 Å². The highest BCUT2D eigenvalue weighted by atomic mass is 16.6. The van der Waals surface area contributed by atoms with Crippen molar-refractivity contribution in [3.63, 3.8) is 0 Å². The van der Waals surface area contributed by atoms with E-state index in [0.29, 0.717) is 0 Å². The zero-order chi connectivity index (χ0) is 11.7. The molecular formula is C4H2N8O4. The molecule has 2 aromatic heterocycles. The van der Waals surface area contributed by atoms with E-state index in [1.165, 1.54) is 0 Å². The Morgan fingerprint density at radius 3 is 2.56 bits per heavy atom.